The Bertz CT molecular complexity index is 737. The van der Waals surface area contributed by atoms with Crippen molar-refractivity contribution in [1.29, 1.82) is 0 Å². The molecule has 1 amide bonds. The average molecular weight is 356 g/mol. The Morgan fingerprint density at radius 2 is 2.00 bits per heavy atom. The Balaban J connectivity index is 1.33. The van der Waals surface area contributed by atoms with E-state index in [-0.39, 0.29) is 11.9 Å². The maximum absolute atomic E-state index is 12.6. The van der Waals surface area contributed by atoms with Gasteiger partial charge in [0.25, 0.3) is 5.91 Å². The molecule has 1 N–H and O–H groups in total. The van der Waals surface area contributed by atoms with Crippen LogP contribution in [0.3, 0.4) is 0 Å². The summed E-state index contributed by atoms with van der Waals surface area (Å²) in [6.07, 6.45) is 8.91. The van der Waals surface area contributed by atoms with E-state index in [2.05, 4.69) is 33.2 Å². The number of nitrogens with zero attached hydrogens (tertiary/aromatic N) is 3. The molecule has 0 aromatic carbocycles. The maximum atomic E-state index is 12.6. The van der Waals surface area contributed by atoms with Crippen LogP contribution >= 0.6 is 11.3 Å². The molecule has 1 fully saturated rings. The summed E-state index contributed by atoms with van der Waals surface area (Å²) in [5, 5.41) is 3.23. The number of nitrogens with one attached hydrogen (secondary N) is 1. The largest absolute Gasteiger partial charge is 0.348 e. The number of hydrogen-bond acceptors (Lipinski definition) is 5. The summed E-state index contributed by atoms with van der Waals surface area (Å²) in [5.74, 6) is 1.62. The van der Waals surface area contributed by atoms with Gasteiger partial charge in [-0.3, -0.25) is 4.79 Å². The molecule has 1 atom stereocenters. The predicted octanol–water partition coefficient (Wildman–Crippen LogP) is 3.06. The van der Waals surface area contributed by atoms with Crippen molar-refractivity contribution in [2.24, 2.45) is 5.92 Å². The zero-order valence-corrected chi connectivity index (χ0v) is 15.4. The fourth-order valence-corrected chi connectivity index (χ4v) is 4.86. The van der Waals surface area contributed by atoms with Crippen LogP contribution in [0, 0.1) is 5.92 Å². The number of carbonyl (C=O) groups excluding carboxylic acids is 1. The van der Waals surface area contributed by atoms with E-state index in [1.54, 1.807) is 23.7 Å². The highest BCUT2D eigenvalue weighted by Gasteiger charge is 2.25. The number of hydrogen-bond donors (Lipinski definition) is 1. The summed E-state index contributed by atoms with van der Waals surface area (Å²) in [5.41, 5.74) is 1.39. The Morgan fingerprint density at radius 3 is 2.76 bits per heavy atom. The van der Waals surface area contributed by atoms with Crippen LogP contribution < -0.4 is 10.2 Å². The third kappa shape index (κ3) is 3.68. The summed E-state index contributed by atoms with van der Waals surface area (Å²) >= 11 is 1.69. The van der Waals surface area contributed by atoms with Crippen molar-refractivity contribution in [2.75, 3.05) is 18.0 Å². The Morgan fingerprint density at radius 1 is 1.24 bits per heavy atom. The number of piperidine rings is 1. The van der Waals surface area contributed by atoms with E-state index in [0.717, 1.165) is 55.5 Å². The summed E-state index contributed by atoms with van der Waals surface area (Å²) in [6, 6.07) is 4.20. The number of carbonyl (C=O) groups is 1. The van der Waals surface area contributed by atoms with Gasteiger partial charge in [0, 0.05) is 36.4 Å². The first-order chi connectivity index (χ1) is 12.2. The molecular formula is C19H24N4OS. The summed E-state index contributed by atoms with van der Waals surface area (Å²) in [6.45, 7) is 4.06. The fourth-order valence-electron chi connectivity index (χ4n) is 3.75. The van der Waals surface area contributed by atoms with Crippen LogP contribution in [0.4, 0.5) is 5.95 Å². The van der Waals surface area contributed by atoms with Crippen LogP contribution in [0.1, 0.15) is 46.3 Å². The molecule has 0 saturated carbocycles. The van der Waals surface area contributed by atoms with E-state index in [0.29, 0.717) is 0 Å². The lowest BCUT2D eigenvalue weighted by atomic mass is 9.90. The highest BCUT2D eigenvalue weighted by atomic mass is 32.1. The summed E-state index contributed by atoms with van der Waals surface area (Å²) in [4.78, 5) is 25.7. The monoisotopic (exact) mass is 356 g/mol. The average Bonchev–Trinajstić information content (AvgIpc) is 3.06. The Kier molecular flexibility index (Phi) is 4.70. The van der Waals surface area contributed by atoms with Gasteiger partial charge in [-0.2, -0.15) is 0 Å². The molecule has 4 rings (SSSR count). The van der Waals surface area contributed by atoms with E-state index in [9.17, 15) is 4.79 Å². The van der Waals surface area contributed by atoms with E-state index in [4.69, 9.17) is 0 Å². The van der Waals surface area contributed by atoms with Crippen LogP contribution in [0.15, 0.2) is 24.5 Å². The third-order valence-corrected chi connectivity index (χ3v) is 6.45. The van der Waals surface area contributed by atoms with Crippen molar-refractivity contribution in [2.45, 2.75) is 45.1 Å². The molecule has 25 heavy (non-hydrogen) atoms. The normalized spacial score (nSPS) is 21.0. The van der Waals surface area contributed by atoms with Crippen molar-refractivity contribution < 1.29 is 4.79 Å². The van der Waals surface area contributed by atoms with Crippen molar-refractivity contribution in [3.63, 3.8) is 0 Å². The van der Waals surface area contributed by atoms with Gasteiger partial charge < -0.3 is 10.2 Å². The first-order valence-electron chi connectivity index (χ1n) is 9.13. The van der Waals surface area contributed by atoms with Crippen molar-refractivity contribution in [1.82, 2.24) is 15.3 Å². The topological polar surface area (TPSA) is 58.1 Å². The molecule has 1 unspecified atom stereocenters. The molecule has 1 saturated heterocycles. The zero-order chi connectivity index (χ0) is 17.2. The van der Waals surface area contributed by atoms with Crippen LogP contribution in [-0.2, 0) is 12.8 Å². The van der Waals surface area contributed by atoms with Crippen molar-refractivity contribution in [3.8, 4) is 0 Å². The highest BCUT2D eigenvalue weighted by molar-refractivity contribution is 7.14. The molecule has 2 aromatic rings. The van der Waals surface area contributed by atoms with Crippen LogP contribution in [0.5, 0.6) is 0 Å². The van der Waals surface area contributed by atoms with E-state index >= 15 is 0 Å². The lowest BCUT2D eigenvalue weighted by molar-refractivity contribution is 0.0935. The van der Waals surface area contributed by atoms with Gasteiger partial charge in [0.05, 0.1) is 4.88 Å². The van der Waals surface area contributed by atoms with Gasteiger partial charge in [0.1, 0.15) is 0 Å². The quantitative estimate of drug-likeness (QED) is 0.918. The zero-order valence-electron chi connectivity index (χ0n) is 14.6. The molecule has 5 nitrogen and oxygen atoms in total. The van der Waals surface area contributed by atoms with Gasteiger partial charge in [0.2, 0.25) is 5.95 Å². The van der Waals surface area contributed by atoms with E-state index in [1.165, 1.54) is 16.9 Å². The Hall–Kier alpha value is -1.95. The van der Waals surface area contributed by atoms with E-state index in [1.807, 2.05) is 6.07 Å². The fraction of sp³-hybridized carbons (Fsp3) is 0.526. The van der Waals surface area contributed by atoms with Gasteiger partial charge in [-0.05, 0) is 55.7 Å². The molecule has 0 spiro atoms. The molecule has 0 bridgehead atoms. The minimum atomic E-state index is 0.0986. The third-order valence-electron chi connectivity index (χ3n) is 5.22. The number of thiophene rings is 1. The summed E-state index contributed by atoms with van der Waals surface area (Å²) in [7, 11) is 0. The maximum Gasteiger partial charge on any atom is 0.261 e. The minimum Gasteiger partial charge on any atom is -0.348 e. The summed E-state index contributed by atoms with van der Waals surface area (Å²) < 4.78 is 0. The second-order valence-electron chi connectivity index (χ2n) is 7.19. The van der Waals surface area contributed by atoms with Crippen molar-refractivity contribution in [3.05, 3.63) is 39.8 Å². The van der Waals surface area contributed by atoms with Gasteiger partial charge in [0.15, 0.2) is 0 Å². The lowest BCUT2D eigenvalue weighted by Gasteiger charge is -2.32. The van der Waals surface area contributed by atoms with Crippen molar-refractivity contribution >= 4 is 23.2 Å². The molecule has 3 heterocycles. The SMILES string of the molecule is CC1CCc2sc(C(=O)NC3CCN(c4ncccn4)CC3)cc2C1. The molecule has 2 aliphatic rings. The highest BCUT2D eigenvalue weighted by Crippen LogP contribution is 2.32. The first-order valence-corrected chi connectivity index (χ1v) is 9.95. The first kappa shape index (κ1) is 16.5. The van der Waals surface area contributed by atoms with Crippen LogP contribution in [0.2, 0.25) is 0 Å². The smallest absolute Gasteiger partial charge is 0.261 e. The second kappa shape index (κ2) is 7.12. The van der Waals surface area contributed by atoms with Gasteiger partial charge >= 0.3 is 0 Å². The molecule has 6 heteroatoms. The standard InChI is InChI=1S/C19H24N4OS/c1-13-3-4-16-14(11-13)12-17(25-16)18(24)22-15-5-9-23(10-6-15)19-20-7-2-8-21-19/h2,7-8,12-13,15H,3-6,9-11H2,1H3,(H,22,24). The number of rotatable bonds is 3. The predicted molar refractivity (Wildman–Crippen MR) is 100 cm³/mol. The molecule has 1 aliphatic heterocycles. The van der Waals surface area contributed by atoms with E-state index < -0.39 is 0 Å². The van der Waals surface area contributed by atoms with Gasteiger partial charge in [-0.25, -0.2) is 9.97 Å². The molecule has 0 radical (unpaired) electrons. The molecular weight excluding hydrogens is 332 g/mol. The molecule has 1 aliphatic carbocycles. The second-order valence-corrected chi connectivity index (χ2v) is 8.33. The minimum absolute atomic E-state index is 0.0986. The Labute approximate surface area is 152 Å². The van der Waals surface area contributed by atoms with Gasteiger partial charge in [-0.15, -0.1) is 11.3 Å². The van der Waals surface area contributed by atoms with Crippen LogP contribution in [0.25, 0.3) is 0 Å². The van der Waals surface area contributed by atoms with Crippen LogP contribution in [-0.4, -0.2) is 35.0 Å². The number of fused-ring (bicyclic) bond motifs is 1. The molecule has 132 valence electrons. The number of amides is 1. The molecule has 2 aromatic heterocycles. The lowest BCUT2D eigenvalue weighted by Crippen LogP contribution is -2.45. The number of aromatic nitrogens is 2. The number of aryl methyl sites for hydroxylation is 1. The number of anilines is 1. The van der Waals surface area contributed by atoms with Gasteiger partial charge in [-0.1, -0.05) is 6.92 Å².